The molecule has 0 atom stereocenters. The Labute approximate surface area is 159 Å². The fraction of sp³-hybridized carbons (Fsp3) is 0.250. The van der Waals surface area contributed by atoms with Crippen molar-refractivity contribution in [3.8, 4) is 11.5 Å². The van der Waals surface area contributed by atoms with E-state index >= 15 is 0 Å². The SMILES string of the molecule is O=C(Cc1noc(-c2ccc3c(c2)oc2ccccc23)n1)N1CCSCC1. The molecule has 0 bridgehead atoms. The van der Waals surface area contributed by atoms with Crippen molar-refractivity contribution in [1.82, 2.24) is 15.0 Å². The van der Waals surface area contributed by atoms with E-state index in [0.29, 0.717) is 11.7 Å². The minimum Gasteiger partial charge on any atom is -0.456 e. The van der Waals surface area contributed by atoms with Gasteiger partial charge in [0.05, 0.1) is 6.42 Å². The zero-order chi connectivity index (χ0) is 18.2. The summed E-state index contributed by atoms with van der Waals surface area (Å²) in [6.07, 6.45) is 0.168. The fourth-order valence-corrected chi connectivity index (χ4v) is 4.26. The minimum atomic E-state index is 0.0513. The van der Waals surface area contributed by atoms with Crippen LogP contribution in [0.1, 0.15) is 5.82 Å². The largest absolute Gasteiger partial charge is 0.456 e. The molecule has 7 heteroatoms. The van der Waals surface area contributed by atoms with Crippen LogP contribution >= 0.6 is 11.8 Å². The number of amides is 1. The molecule has 0 saturated carbocycles. The Kier molecular flexibility index (Phi) is 4.09. The van der Waals surface area contributed by atoms with Crippen molar-refractivity contribution in [2.45, 2.75) is 6.42 Å². The number of furan rings is 1. The van der Waals surface area contributed by atoms with Crippen LogP contribution in [0.5, 0.6) is 0 Å². The first-order chi connectivity index (χ1) is 13.3. The molecule has 27 heavy (non-hydrogen) atoms. The van der Waals surface area contributed by atoms with Gasteiger partial charge in [0.15, 0.2) is 5.82 Å². The third-order valence-electron chi connectivity index (χ3n) is 4.77. The lowest BCUT2D eigenvalue weighted by atomic mass is 10.1. The first-order valence-corrected chi connectivity index (χ1v) is 10.0. The quantitative estimate of drug-likeness (QED) is 0.540. The number of carbonyl (C=O) groups is 1. The van der Waals surface area contributed by atoms with Crippen LogP contribution in [0.4, 0.5) is 0 Å². The van der Waals surface area contributed by atoms with Gasteiger partial charge in [0.2, 0.25) is 5.91 Å². The van der Waals surface area contributed by atoms with Crippen molar-refractivity contribution in [3.05, 3.63) is 48.3 Å². The molecule has 5 rings (SSSR count). The Balaban J connectivity index is 1.40. The van der Waals surface area contributed by atoms with Crippen molar-refractivity contribution < 1.29 is 13.7 Å². The summed E-state index contributed by atoms with van der Waals surface area (Å²) in [5.41, 5.74) is 2.40. The second-order valence-electron chi connectivity index (χ2n) is 6.49. The number of carbonyl (C=O) groups excluding carboxylic acids is 1. The lowest BCUT2D eigenvalue weighted by Gasteiger charge is -2.25. The maximum Gasteiger partial charge on any atom is 0.258 e. The maximum atomic E-state index is 12.4. The molecule has 6 nitrogen and oxygen atoms in total. The predicted molar refractivity (Wildman–Crippen MR) is 105 cm³/mol. The van der Waals surface area contributed by atoms with Gasteiger partial charge in [0.25, 0.3) is 5.89 Å². The third-order valence-corrected chi connectivity index (χ3v) is 5.71. The normalized spacial score (nSPS) is 14.9. The molecule has 1 saturated heterocycles. The zero-order valence-corrected chi connectivity index (χ0v) is 15.4. The Morgan fingerprint density at radius 1 is 1.07 bits per heavy atom. The van der Waals surface area contributed by atoms with Crippen LogP contribution in [0.25, 0.3) is 33.4 Å². The van der Waals surface area contributed by atoms with Gasteiger partial charge in [0.1, 0.15) is 11.2 Å². The van der Waals surface area contributed by atoms with Crippen LogP contribution in [0.2, 0.25) is 0 Å². The summed E-state index contributed by atoms with van der Waals surface area (Å²) in [4.78, 5) is 18.6. The molecule has 0 radical (unpaired) electrons. The molecule has 1 fully saturated rings. The summed E-state index contributed by atoms with van der Waals surface area (Å²) < 4.78 is 11.3. The molecule has 136 valence electrons. The molecule has 0 aliphatic carbocycles. The molecule has 2 aromatic heterocycles. The van der Waals surface area contributed by atoms with Gasteiger partial charge in [-0.3, -0.25) is 4.79 Å². The van der Waals surface area contributed by atoms with E-state index < -0.39 is 0 Å². The highest BCUT2D eigenvalue weighted by atomic mass is 32.2. The number of nitrogens with zero attached hydrogens (tertiary/aromatic N) is 3. The van der Waals surface area contributed by atoms with Gasteiger partial charge >= 0.3 is 0 Å². The highest BCUT2D eigenvalue weighted by Gasteiger charge is 2.20. The minimum absolute atomic E-state index is 0.0513. The van der Waals surface area contributed by atoms with Gasteiger partial charge in [0, 0.05) is 40.9 Å². The second-order valence-corrected chi connectivity index (χ2v) is 7.72. The van der Waals surface area contributed by atoms with Crippen LogP contribution < -0.4 is 0 Å². The van der Waals surface area contributed by atoms with E-state index in [2.05, 4.69) is 10.1 Å². The van der Waals surface area contributed by atoms with E-state index in [0.717, 1.165) is 52.1 Å². The molecular formula is C20H17N3O3S. The maximum absolute atomic E-state index is 12.4. The van der Waals surface area contributed by atoms with Crippen LogP contribution in [0, 0.1) is 0 Å². The van der Waals surface area contributed by atoms with Gasteiger partial charge in [-0.1, -0.05) is 23.4 Å². The van der Waals surface area contributed by atoms with Gasteiger partial charge < -0.3 is 13.8 Å². The molecule has 0 N–H and O–H groups in total. The Morgan fingerprint density at radius 2 is 1.89 bits per heavy atom. The molecule has 0 spiro atoms. The molecule has 3 heterocycles. The van der Waals surface area contributed by atoms with Gasteiger partial charge in [-0.25, -0.2) is 0 Å². The average Bonchev–Trinajstić information content (AvgIpc) is 3.32. The summed E-state index contributed by atoms with van der Waals surface area (Å²) in [7, 11) is 0. The first kappa shape index (κ1) is 16.4. The van der Waals surface area contributed by atoms with E-state index in [-0.39, 0.29) is 12.3 Å². The molecular weight excluding hydrogens is 362 g/mol. The predicted octanol–water partition coefficient (Wildman–Crippen LogP) is 3.75. The highest BCUT2D eigenvalue weighted by Crippen LogP contribution is 2.31. The lowest BCUT2D eigenvalue weighted by Crippen LogP contribution is -2.38. The van der Waals surface area contributed by atoms with E-state index in [9.17, 15) is 4.79 Å². The van der Waals surface area contributed by atoms with Crippen LogP contribution in [0.15, 0.2) is 51.4 Å². The lowest BCUT2D eigenvalue weighted by molar-refractivity contribution is -0.130. The van der Waals surface area contributed by atoms with Gasteiger partial charge in [-0.2, -0.15) is 16.7 Å². The van der Waals surface area contributed by atoms with Gasteiger partial charge in [-0.05, 0) is 24.3 Å². The van der Waals surface area contributed by atoms with E-state index in [4.69, 9.17) is 8.94 Å². The number of hydrogen-bond acceptors (Lipinski definition) is 6. The number of thioether (sulfide) groups is 1. The van der Waals surface area contributed by atoms with Gasteiger partial charge in [-0.15, -0.1) is 0 Å². The first-order valence-electron chi connectivity index (χ1n) is 8.88. The van der Waals surface area contributed by atoms with Crippen molar-refractivity contribution in [1.29, 1.82) is 0 Å². The third kappa shape index (κ3) is 3.08. The van der Waals surface area contributed by atoms with E-state index in [1.165, 1.54) is 0 Å². The Hall–Kier alpha value is -2.80. The number of fused-ring (bicyclic) bond motifs is 3. The summed E-state index contributed by atoms with van der Waals surface area (Å²) in [6, 6.07) is 13.8. The standard InChI is InChI=1S/C20H17N3O3S/c24-19(23-7-9-27-10-8-23)12-18-21-20(26-22-18)13-5-6-15-14-3-1-2-4-16(14)25-17(15)11-13/h1-6,11H,7-10,12H2. The Bertz CT molecular complexity index is 1130. The monoisotopic (exact) mass is 379 g/mol. The molecule has 4 aromatic rings. The van der Waals surface area contributed by atoms with Crippen LogP contribution in [-0.2, 0) is 11.2 Å². The number of hydrogen-bond donors (Lipinski definition) is 0. The number of rotatable bonds is 3. The summed E-state index contributed by atoms with van der Waals surface area (Å²) >= 11 is 1.87. The topological polar surface area (TPSA) is 72.4 Å². The number of aromatic nitrogens is 2. The fourth-order valence-electron chi connectivity index (χ4n) is 3.36. The van der Waals surface area contributed by atoms with E-state index in [1.807, 2.05) is 59.1 Å². The highest BCUT2D eigenvalue weighted by molar-refractivity contribution is 7.99. The molecule has 1 aliphatic heterocycles. The van der Waals surface area contributed by atoms with Crippen molar-refractivity contribution in [2.75, 3.05) is 24.6 Å². The molecule has 2 aromatic carbocycles. The number of benzene rings is 2. The summed E-state index contributed by atoms with van der Waals surface area (Å²) in [5.74, 6) is 2.84. The summed E-state index contributed by atoms with van der Waals surface area (Å²) in [5, 5.41) is 6.11. The molecule has 1 aliphatic rings. The molecule has 1 amide bonds. The van der Waals surface area contributed by atoms with Crippen molar-refractivity contribution in [3.63, 3.8) is 0 Å². The smallest absolute Gasteiger partial charge is 0.258 e. The van der Waals surface area contributed by atoms with Crippen LogP contribution in [-0.4, -0.2) is 45.5 Å². The number of para-hydroxylation sites is 1. The Morgan fingerprint density at radius 3 is 2.78 bits per heavy atom. The van der Waals surface area contributed by atoms with Crippen molar-refractivity contribution in [2.24, 2.45) is 0 Å². The summed E-state index contributed by atoms with van der Waals surface area (Å²) in [6.45, 7) is 1.58. The van der Waals surface area contributed by atoms with E-state index in [1.54, 1.807) is 0 Å². The van der Waals surface area contributed by atoms with Crippen molar-refractivity contribution >= 4 is 39.6 Å². The second kappa shape index (κ2) is 6.74. The van der Waals surface area contributed by atoms with Crippen LogP contribution in [0.3, 0.4) is 0 Å². The zero-order valence-electron chi connectivity index (χ0n) is 14.6. The molecule has 0 unspecified atom stereocenters. The average molecular weight is 379 g/mol.